The van der Waals surface area contributed by atoms with Crippen molar-refractivity contribution < 1.29 is 23.7 Å². The number of alkyl halides is 1. The minimum atomic E-state index is -0.348. The van der Waals surface area contributed by atoms with Crippen LogP contribution in [0.4, 0.5) is 0 Å². The largest absolute Gasteiger partial charge is 0.492 e. The predicted octanol–water partition coefficient (Wildman–Crippen LogP) is 7.54. The minimum Gasteiger partial charge on any atom is -0.492 e. The van der Waals surface area contributed by atoms with Gasteiger partial charge in [-0.1, -0.05) is 65.3 Å². The molecule has 2 atom stereocenters. The standard InChI is InChI=1S/C36H46BrNO5/c1-7-38(20-21-41-30-16-14-28(15-17-30)22-32(37)35(39)40-8-2)24-36(6)19-18-31-27(5)33(25(3)26(4)34(31)43-36)42-23-29-12-10-9-11-13-29/h9-17,32H,7-8,18-24H2,1-6H3. The van der Waals surface area contributed by atoms with Crippen LogP contribution < -0.4 is 14.2 Å². The molecular formula is C36H46BrNO5. The topological polar surface area (TPSA) is 57.2 Å². The van der Waals surface area contributed by atoms with Crippen molar-refractivity contribution >= 4 is 21.9 Å². The lowest BCUT2D eigenvalue weighted by Gasteiger charge is -2.41. The first-order valence-electron chi connectivity index (χ1n) is 15.4. The van der Waals surface area contributed by atoms with E-state index in [0.717, 1.165) is 66.4 Å². The number of benzene rings is 3. The molecular weight excluding hydrogens is 606 g/mol. The predicted molar refractivity (Wildman–Crippen MR) is 176 cm³/mol. The molecule has 0 saturated heterocycles. The van der Waals surface area contributed by atoms with E-state index in [1.54, 1.807) is 0 Å². The quantitative estimate of drug-likeness (QED) is 0.133. The number of ether oxygens (including phenoxy) is 4. The van der Waals surface area contributed by atoms with E-state index in [0.29, 0.717) is 26.2 Å². The Labute approximate surface area is 265 Å². The van der Waals surface area contributed by atoms with Gasteiger partial charge in [0.2, 0.25) is 0 Å². The zero-order valence-corrected chi connectivity index (χ0v) is 28.1. The molecule has 0 aromatic heterocycles. The molecule has 0 N–H and O–H groups in total. The Morgan fingerprint density at radius 1 is 0.977 bits per heavy atom. The maximum absolute atomic E-state index is 11.9. The van der Waals surface area contributed by atoms with E-state index in [9.17, 15) is 4.79 Å². The summed E-state index contributed by atoms with van der Waals surface area (Å²) in [7, 11) is 0. The number of hydrogen-bond donors (Lipinski definition) is 0. The molecule has 3 aromatic rings. The average Bonchev–Trinajstić information content (AvgIpc) is 3.00. The van der Waals surface area contributed by atoms with Gasteiger partial charge in [-0.2, -0.15) is 0 Å². The van der Waals surface area contributed by atoms with E-state index in [-0.39, 0.29) is 16.4 Å². The van der Waals surface area contributed by atoms with Crippen LogP contribution in [0.3, 0.4) is 0 Å². The molecule has 0 aliphatic carbocycles. The fourth-order valence-electron chi connectivity index (χ4n) is 5.70. The van der Waals surface area contributed by atoms with Gasteiger partial charge in [0.15, 0.2) is 0 Å². The van der Waals surface area contributed by atoms with Crippen LogP contribution in [0, 0.1) is 20.8 Å². The summed E-state index contributed by atoms with van der Waals surface area (Å²) in [5, 5.41) is 0. The van der Waals surface area contributed by atoms with E-state index >= 15 is 0 Å². The van der Waals surface area contributed by atoms with Gasteiger partial charge in [0.05, 0.1) is 6.61 Å². The van der Waals surface area contributed by atoms with E-state index < -0.39 is 0 Å². The highest BCUT2D eigenvalue weighted by Crippen LogP contribution is 2.44. The van der Waals surface area contributed by atoms with Crippen LogP contribution in [0.1, 0.15) is 60.6 Å². The van der Waals surface area contributed by atoms with Gasteiger partial charge in [-0.3, -0.25) is 9.69 Å². The molecule has 1 aliphatic rings. The third kappa shape index (κ3) is 8.54. The monoisotopic (exact) mass is 651 g/mol. The second-order valence-electron chi connectivity index (χ2n) is 11.6. The van der Waals surface area contributed by atoms with Gasteiger partial charge in [0.25, 0.3) is 0 Å². The number of carbonyl (C=O) groups is 1. The molecule has 1 aliphatic heterocycles. The molecule has 4 rings (SSSR count). The SMILES string of the molecule is CCOC(=O)C(Br)Cc1ccc(OCCN(CC)CC2(C)CCc3c(C)c(OCc4ccccc4)c(C)c(C)c3O2)cc1. The summed E-state index contributed by atoms with van der Waals surface area (Å²) in [6.45, 7) is 16.8. The summed E-state index contributed by atoms with van der Waals surface area (Å²) in [5.74, 6) is 2.60. The summed E-state index contributed by atoms with van der Waals surface area (Å²) in [4.78, 5) is 13.9. The molecule has 0 spiro atoms. The number of halogens is 1. The zero-order chi connectivity index (χ0) is 31.0. The Morgan fingerprint density at radius 3 is 2.37 bits per heavy atom. The summed E-state index contributed by atoms with van der Waals surface area (Å²) in [5.41, 5.74) is 6.71. The fraction of sp³-hybridized carbons (Fsp3) is 0.472. The van der Waals surface area contributed by atoms with Crippen molar-refractivity contribution in [3.05, 3.63) is 88.0 Å². The summed E-state index contributed by atoms with van der Waals surface area (Å²) in [6.07, 6.45) is 2.48. The first-order valence-corrected chi connectivity index (χ1v) is 16.3. The maximum Gasteiger partial charge on any atom is 0.320 e. The average molecular weight is 653 g/mol. The number of carbonyl (C=O) groups excluding carboxylic acids is 1. The third-order valence-electron chi connectivity index (χ3n) is 8.35. The van der Waals surface area contributed by atoms with E-state index in [2.05, 4.69) is 67.6 Å². The van der Waals surface area contributed by atoms with Crippen molar-refractivity contribution in [1.82, 2.24) is 4.90 Å². The van der Waals surface area contributed by atoms with Gasteiger partial charge in [0, 0.05) is 18.7 Å². The Morgan fingerprint density at radius 2 is 1.70 bits per heavy atom. The van der Waals surface area contributed by atoms with Crippen LogP contribution in [0.15, 0.2) is 54.6 Å². The third-order valence-corrected chi connectivity index (χ3v) is 9.05. The smallest absolute Gasteiger partial charge is 0.320 e. The molecule has 0 radical (unpaired) electrons. The molecule has 1 heterocycles. The van der Waals surface area contributed by atoms with Crippen molar-refractivity contribution in [1.29, 1.82) is 0 Å². The highest BCUT2D eigenvalue weighted by Gasteiger charge is 2.36. The van der Waals surface area contributed by atoms with Crippen molar-refractivity contribution in [2.45, 2.75) is 77.8 Å². The summed E-state index contributed by atoms with van der Waals surface area (Å²) < 4.78 is 24.3. The van der Waals surface area contributed by atoms with Gasteiger partial charge < -0.3 is 18.9 Å². The van der Waals surface area contributed by atoms with E-state index in [1.807, 2.05) is 49.4 Å². The Balaban J connectivity index is 1.33. The highest BCUT2D eigenvalue weighted by molar-refractivity contribution is 9.10. The summed E-state index contributed by atoms with van der Waals surface area (Å²) >= 11 is 3.42. The van der Waals surface area contributed by atoms with Crippen molar-refractivity contribution in [3.8, 4) is 17.2 Å². The molecule has 0 fully saturated rings. The second-order valence-corrected chi connectivity index (χ2v) is 12.7. The van der Waals surface area contributed by atoms with Crippen molar-refractivity contribution in [2.75, 3.05) is 32.8 Å². The maximum atomic E-state index is 11.9. The Bertz CT molecular complexity index is 1360. The molecule has 7 heteroatoms. The number of hydrogen-bond acceptors (Lipinski definition) is 6. The molecule has 43 heavy (non-hydrogen) atoms. The summed E-state index contributed by atoms with van der Waals surface area (Å²) in [6, 6.07) is 18.2. The lowest BCUT2D eigenvalue weighted by Crippen LogP contribution is -2.48. The first kappa shape index (κ1) is 32.9. The first-order chi connectivity index (χ1) is 20.6. The van der Waals surface area contributed by atoms with Crippen molar-refractivity contribution in [3.63, 3.8) is 0 Å². The molecule has 0 amide bonds. The van der Waals surface area contributed by atoms with Crippen molar-refractivity contribution in [2.24, 2.45) is 0 Å². The Kier molecular flexibility index (Phi) is 11.6. The number of esters is 1. The van der Waals surface area contributed by atoms with E-state index in [4.69, 9.17) is 18.9 Å². The second kappa shape index (κ2) is 15.1. The van der Waals surface area contributed by atoms with E-state index in [1.165, 1.54) is 16.7 Å². The van der Waals surface area contributed by atoms with Crippen LogP contribution in [-0.4, -0.2) is 54.1 Å². The van der Waals surface area contributed by atoms with Crippen LogP contribution in [0.5, 0.6) is 17.2 Å². The fourth-order valence-corrected chi connectivity index (χ4v) is 6.20. The molecule has 3 aromatic carbocycles. The van der Waals surface area contributed by atoms with Gasteiger partial charge in [0.1, 0.15) is 40.9 Å². The molecule has 0 bridgehead atoms. The van der Waals surface area contributed by atoms with Gasteiger partial charge in [-0.25, -0.2) is 0 Å². The number of nitrogens with zero attached hydrogens (tertiary/aromatic N) is 1. The zero-order valence-electron chi connectivity index (χ0n) is 26.5. The van der Waals surface area contributed by atoms with Crippen LogP contribution in [-0.2, 0) is 29.0 Å². The number of rotatable bonds is 14. The lowest BCUT2D eigenvalue weighted by atomic mass is 9.86. The number of likely N-dealkylation sites (N-methyl/N-ethyl adjacent to an activating group) is 1. The molecule has 2 unspecified atom stereocenters. The minimum absolute atomic E-state index is 0.236. The van der Waals surface area contributed by atoms with Crippen LogP contribution in [0.2, 0.25) is 0 Å². The number of fused-ring (bicyclic) bond motifs is 1. The van der Waals surface area contributed by atoms with Gasteiger partial charge >= 0.3 is 5.97 Å². The van der Waals surface area contributed by atoms with Gasteiger partial charge in [-0.15, -0.1) is 0 Å². The molecule has 6 nitrogen and oxygen atoms in total. The van der Waals surface area contributed by atoms with Gasteiger partial charge in [-0.05, 0) is 100 Å². The van der Waals surface area contributed by atoms with Crippen LogP contribution in [0.25, 0.3) is 0 Å². The molecule has 0 saturated carbocycles. The van der Waals surface area contributed by atoms with Crippen LogP contribution >= 0.6 is 15.9 Å². The normalized spacial score (nSPS) is 16.7. The highest BCUT2D eigenvalue weighted by atomic mass is 79.9. The molecule has 232 valence electrons. The Hall–Kier alpha value is -3.03. The lowest BCUT2D eigenvalue weighted by molar-refractivity contribution is -0.142.